The molecule has 0 fully saturated rings. The Morgan fingerprint density at radius 1 is 1.23 bits per heavy atom. The minimum absolute atomic E-state index is 0.000704. The van der Waals surface area contributed by atoms with Crippen molar-refractivity contribution in [3.63, 3.8) is 0 Å². The number of aliphatic hydroxyl groups excluding tert-OH is 2. The molecule has 1 rings (SSSR count). The number of rotatable bonds is 12. The highest BCUT2D eigenvalue weighted by atomic mass is 31.2. The molecule has 1 aromatic carbocycles. The third kappa shape index (κ3) is 8.61. The zero-order valence-corrected chi connectivity index (χ0v) is 15.5. The highest BCUT2D eigenvalue weighted by Crippen LogP contribution is 2.48. The molecule has 0 aromatic heterocycles. The minimum atomic E-state index is -3.87. The molecule has 3 N–H and O–H groups in total. The van der Waals surface area contributed by atoms with Gasteiger partial charge < -0.3 is 25.0 Å². The van der Waals surface area contributed by atoms with Gasteiger partial charge in [-0.25, -0.2) is 9.36 Å². The van der Waals surface area contributed by atoms with Gasteiger partial charge in [0.1, 0.15) is 18.5 Å². The summed E-state index contributed by atoms with van der Waals surface area (Å²) >= 11 is 0. The molecule has 0 saturated heterocycles. The predicted octanol–water partition coefficient (Wildman–Crippen LogP) is 1.06. The van der Waals surface area contributed by atoms with Crippen LogP contribution in [0.25, 0.3) is 0 Å². The van der Waals surface area contributed by atoms with Crippen LogP contribution in [0.3, 0.4) is 0 Å². The van der Waals surface area contributed by atoms with Crippen LogP contribution in [0.2, 0.25) is 0 Å². The van der Waals surface area contributed by atoms with Crippen LogP contribution >= 0.6 is 7.82 Å². The van der Waals surface area contributed by atoms with Crippen molar-refractivity contribution in [3.05, 3.63) is 29.8 Å². The standard InChI is InChI=1S/C15H24NO9P/c1-21-14-5-3-12(4-6-14)10-23-15(19)16-7-8-24-26(20,22-2)25-11-13(18)9-17/h3-6,13,17-18H,7-11H2,1-2H3,(H,16,19). The Balaban J connectivity index is 2.24. The van der Waals surface area contributed by atoms with Gasteiger partial charge in [0.05, 0.1) is 26.9 Å². The molecule has 26 heavy (non-hydrogen) atoms. The van der Waals surface area contributed by atoms with E-state index in [0.717, 1.165) is 12.7 Å². The smallest absolute Gasteiger partial charge is 0.474 e. The number of aliphatic hydroxyl groups is 2. The Kier molecular flexibility index (Phi) is 10.2. The number of alkyl carbamates (subject to hydrolysis) is 1. The molecule has 0 aliphatic rings. The van der Waals surface area contributed by atoms with Crippen molar-refractivity contribution >= 4 is 13.9 Å². The summed E-state index contributed by atoms with van der Waals surface area (Å²) in [5, 5.41) is 20.2. The minimum Gasteiger partial charge on any atom is -0.497 e. The van der Waals surface area contributed by atoms with E-state index in [1.165, 1.54) is 0 Å². The fourth-order valence-corrected chi connectivity index (χ4v) is 2.56. The second kappa shape index (κ2) is 11.8. The number of hydrogen-bond acceptors (Lipinski definition) is 9. The number of hydrogen-bond donors (Lipinski definition) is 3. The third-order valence-electron chi connectivity index (χ3n) is 3.01. The van der Waals surface area contributed by atoms with Gasteiger partial charge in [-0.05, 0) is 17.7 Å². The normalized spacial score (nSPS) is 14.3. The Morgan fingerprint density at radius 3 is 2.50 bits per heavy atom. The number of carbonyl (C=O) groups is 1. The summed E-state index contributed by atoms with van der Waals surface area (Å²) in [6.07, 6.45) is -1.87. The number of phosphoric ester groups is 1. The average molecular weight is 393 g/mol. The summed E-state index contributed by atoms with van der Waals surface area (Å²) in [6, 6.07) is 7.03. The molecule has 0 saturated carbocycles. The first-order valence-corrected chi connectivity index (χ1v) is 9.16. The molecule has 0 radical (unpaired) electrons. The van der Waals surface area contributed by atoms with Gasteiger partial charge >= 0.3 is 13.9 Å². The first-order valence-electron chi connectivity index (χ1n) is 7.69. The fourth-order valence-electron chi connectivity index (χ4n) is 1.60. The average Bonchev–Trinajstić information content (AvgIpc) is 2.68. The molecule has 1 aromatic rings. The topological polar surface area (TPSA) is 133 Å². The summed E-state index contributed by atoms with van der Waals surface area (Å²) in [5.41, 5.74) is 0.789. The van der Waals surface area contributed by atoms with Gasteiger partial charge in [-0.2, -0.15) is 0 Å². The number of benzene rings is 1. The monoisotopic (exact) mass is 393 g/mol. The maximum atomic E-state index is 12.0. The lowest BCUT2D eigenvalue weighted by atomic mass is 10.2. The zero-order valence-electron chi connectivity index (χ0n) is 14.6. The summed E-state index contributed by atoms with van der Waals surface area (Å²) in [4.78, 5) is 11.6. The number of carbonyl (C=O) groups excluding carboxylic acids is 1. The summed E-state index contributed by atoms with van der Waals surface area (Å²) in [6.45, 7) is -1.06. The van der Waals surface area contributed by atoms with E-state index in [1.54, 1.807) is 31.4 Å². The number of nitrogens with one attached hydrogen (secondary N) is 1. The van der Waals surface area contributed by atoms with Crippen molar-refractivity contribution in [1.82, 2.24) is 5.32 Å². The van der Waals surface area contributed by atoms with Crippen molar-refractivity contribution < 1.29 is 42.6 Å². The fraction of sp³-hybridized carbons (Fsp3) is 0.533. The van der Waals surface area contributed by atoms with E-state index in [-0.39, 0.29) is 19.8 Å². The second-order valence-corrected chi connectivity index (χ2v) is 6.72. The number of amides is 1. The lowest BCUT2D eigenvalue weighted by Gasteiger charge is -2.17. The highest BCUT2D eigenvalue weighted by Gasteiger charge is 2.26. The Labute approximate surface area is 151 Å². The lowest BCUT2D eigenvalue weighted by molar-refractivity contribution is 0.0329. The number of phosphoric acid groups is 1. The Morgan fingerprint density at radius 2 is 1.92 bits per heavy atom. The molecule has 0 spiro atoms. The van der Waals surface area contributed by atoms with Gasteiger partial charge in [-0.3, -0.25) is 13.6 Å². The van der Waals surface area contributed by atoms with E-state index in [2.05, 4.69) is 9.84 Å². The Bertz CT molecular complexity index is 581. The quantitative estimate of drug-likeness (QED) is 0.352. The molecule has 0 aliphatic heterocycles. The maximum absolute atomic E-state index is 12.0. The van der Waals surface area contributed by atoms with Gasteiger partial charge in [-0.1, -0.05) is 12.1 Å². The summed E-state index contributed by atoms with van der Waals surface area (Å²) < 4.78 is 36.4. The molecule has 148 valence electrons. The third-order valence-corrected chi connectivity index (χ3v) is 4.42. The van der Waals surface area contributed by atoms with E-state index in [1.807, 2.05) is 0 Å². The second-order valence-electron chi connectivity index (χ2n) is 4.95. The molecule has 0 aliphatic carbocycles. The lowest BCUT2D eigenvalue weighted by Crippen LogP contribution is -2.28. The Hall–Kier alpha value is -1.68. The zero-order chi connectivity index (χ0) is 19.4. The van der Waals surface area contributed by atoms with E-state index >= 15 is 0 Å². The van der Waals surface area contributed by atoms with Crippen molar-refractivity contribution in [1.29, 1.82) is 0 Å². The van der Waals surface area contributed by atoms with Crippen molar-refractivity contribution in [2.45, 2.75) is 12.7 Å². The van der Waals surface area contributed by atoms with E-state index in [0.29, 0.717) is 5.75 Å². The van der Waals surface area contributed by atoms with Crippen molar-refractivity contribution in [2.75, 3.05) is 40.6 Å². The van der Waals surface area contributed by atoms with Crippen LogP contribution in [0.15, 0.2) is 24.3 Å². The van der Waals surface area contributed by atoms with Gasteiger partial charge in [-0.15, -0.1) is 0 Å². The van der Waals surface area contributed by atoms with Gasteiger partial charge in [0.2, 0.25) is 0 Å². The molecule has 0 bridgehead atoms. The van der Waals surface area contributed by atoms with Crippen LogP contribution in [-0.4, -0.2) is 63.0 Å². The first-order chi connectivity index (χ1) is 12.4. The van der Waals surface area contributed by atoms with Crippen LogP contribution < -0.4 is 10.1 Å². The van der Waals surface area contributed by atoms with Crippen LogP contribution in [0.1, 0.15) is 5.56 Å². The number of ether oxygens (including phenoxy) is 2. The first kappa shape index (κ1) is 22.4. The van der Waals surface area contributed by atoms with E-state index < -0.39 is 33.2 Å². The highest BCUT2D eigenvalue weighted by molar-refractivity contribution is 7.48. The van der Waals surface area contributed by atoms with Gasteiger partial charge in [0, 0.05) is 13.7 Å². The van der Waals surface area contributed by atoms with Crippen molar-refractivity contribution in [3.8, 4) is 5.75 Å². The van der Waals surface area contributed by atoms with Crippen LogP contribution in [0.4, 0.5) is 4.79 Å². The van der Waals surface area contributed by atoms with Gasteiger partial charge in [0.25, 0.3) is 0 Å². The molecular weight excluding hydrogens is 369 g/mol. The summed E-state index contributed by atoms with van der Waals surface area (Å²) in [7, 11) is -1.20. The molecule has 2 atom stereocenters. The molecule has 11 heteroatoms. The predicted molar refractivity (Wildman–Crippen MR) is 90.8 cm³/mol. The summed E-state index contributed by atoms with van der Waals surface area (Å²) in [5.74, 6) is 0.701. The maximum Gasteiger partial charge on any atom is 0.474 e. The molecule has 10 nitrogen and oxygen atoms in total. The van der Waals surface area contributed by atoms with Gasteiger partial charge in [0.15, 0.2) is 0 Å². The SMILES string of the molecule is COc1ccc(COC(=O)NCCOP(=O)(OC)OCC(O)CO)cc1. The van der Waals surface area contributed by atoms with Crippen LogP contribution in [0.5, 0.6) is 5.75 Å². The largest absolute Gasteiger partial charge is 0.497 e. The molecule has 0 heterocycles. The van der Waals surface area contributed by atoms with Crippen LogP contribution in [0, 0.1) is 0 Å². The van der Waals surface area contributed by atoms with E-state index in [9.17, 15) is 9.36 Å². The van der Waals surface area contributed by atoms with Crippen LogP contribution in [-0.2, 0) is 29.5 Å². The molecule has 2 unspecified atom stereocenters. The molecule has 1 amide bonds. The molecular formula is C15H24NO9P. The number of methoxy groups -OCH3 is 1. The van der Waals surface area contributed by atoms with E-state index in [4.69, 9.17) is 28.7 Å². The van der Waals surface area contributed by atoms with Crippen molar-refractivity contribution in [2.24, 2.45) is 0 Å².